The van der Waals surface area contributed by atoms with E-state index in [1.807, 2.05) is 0 Å². The van der Waals surface area contributed by atoms with Crippen molar-refractivity contribution < 1.29 is 211 Å². The fourth-order valence-corrected chi connectivity index (χ4v) is 0. The van der Waals surface area contributed by atoms with Gasteiger partial charge in [-0.05, 0) is 0 Å². The van der Waals surface area contributed by atoms with E-state index < -0.39 is 0 Å². The molecule has 75 valence electrons. The first-order valence-electron chi connectivity index (χ1n) is 0. The van der Waals surface area contributed by atoms with Gasteiger partial charge in [-0.25, -0.2) is 0 Å². The second-order valence-corrected chi connectivity index (χ2v) is 0. The summed E-state index contributed by atoms with van der Waals surface area (Å²) in [5, 5.41) is 0. The summed E-state index contributed by atoms with van der Waals surface area (Å²) >= 11 is 0. The van der Waals surface area contributed by atoms with Gasteiger partial charge >= 0.3 is 49.5 Å². The minimum Gasteiger partial charge on any atom is -3.00 e. The van der Waals surface area contributed by atoms with Crippen LogP contribution in [-0.4, -0.2) is 34.7 Å². The quantitative estimate of drug-likeness (QED) is 0.280. The van der Waals surface area contributed by atoms with Crippen LogP contribution in [0.25, 0.3) is 0 Å². The Bertz CT molecular complexity index is 21.8. The predicted molar refractivity (Wildman–Crippen MR) is 11.5 cm³/mol. The molecule has 0 aromatic heterocycles. The van der Waals surface area contributed by atoms with Crippen LogP contribution < -0.4 is 0 Å². The molecule has 0 atom stereocenters. The number of hydrogen-bond acceptors (Lipinski definition) is 0. The summed E-state index contributed by atoms with van der Waals surface area (Å²) in [4.78, 5) is 0. The first-order valence-corrected chi connectivity index (χ1v) is 0. The molecule has 0 fully saturated rings. The zero-order chi connectivity index (χ0) is 0. The summed E-state index contributed by atoms with van der Waals surface area (Å²) < 4.78 is 0. The standard InChI is InChI=1S/2Al.3Ni.3Pt.3Y/q2*-3;3*+2;;;;;;. The Labute approximate surface area is 239 Å². The molecule has 0 N–H and O–H groups in total. The van der Waals surface area contributed by atoms with Crippen LogP contribution in [-0.2, 0) is 211 Å². The Kier molecular flexibility index (Phi) is 720. The van der Waals surface area contributed by atoms with E-state index in [4.69, 9.17) is 0 Å². The van der Waals surface area contributed by atoms with E-state index in [2.05, 4.69) is 0 Å². The van der Waals surface area contributed by atoms with E-state index in [1.54, 1.807) is 0 Å². The summed E-state index contributed by atoms with van der Waals surface area (Å²) in [5.41, 5.74) is 0. The fraction of sp³-hybridized carbons (Fsp3) is 0. The van der Waals surface area contributed by atoms with Gasteiger partial charge in [-0.2, -0.15) is 0 Å². The first kappa shape index (κ1) is 96.8. The van der Waals surface area contributed by atoms with Crippen LogP contribution in [0, 0.1) is 0 Å². The van der Waals surface area contributed by atoms with Gasteiger partial charge in [-0.3, -0.25) is 0 Å². The first-order chi connectivity index (χ1) is 0. The summed E-state index contributed by atoms with van der Waals surface area (Å²) in [6.45, 7) is 0. The largest absolute Gasteiger partial charge is 3.00 e. The van der Waals surface area contributed by atoms with Crippen molar-refractivity contribution in [1.29, 1.82) is 0 Å². The van der Waals surface area contributed by atoms with Crippen molar-refractivity contribution in [3.05, 3.63) is 0 Å². The smallest absolute Gasteiger partial charge is 2.00 e. The molecule has 0 aliphatic heterocycles. The Hall–Kier alpha value is 7.92. The van der Waals surface area contributed by atoms with Gasteiger partial charge in [0.2, 0.25) is 0 Å². The van der Waals surface area contributed by atoms with Crippen molar-refractivity contribution in [2.45, 2.75) is 0 Å². The van der Waals surface area contributed by atoms with E-state index in [0.717, 1.165) is 0 Å². The van der Waals surface area contributed by atoms with E-state index in [9.17, 15) is 0 Å². The minimum atomic E-state index is 0. The van der Waals surface area contributed by atoms with Crippen LogP contribution >= 0.6 is 0 Å². The summed E-state index contributed by atoms with van der Waals surface area (Å²) in [6, 6.07) is 0. The molecule has 0 nitrogen and oxygen atoms in total. The Morgan fingerprint density at radius 1 is 0.364 bits per heavy atom. The van der Waals surface area contributed by atoms with Gasteiger partial charge in [0.1, 0.15) is 0 Å². The van der Waals surface area contributed by atoms with Crippen molar-refractivity contribution in [2.75, 3.05) is 0 Å². The minimum absolute atomic E-state index is 0. The maximum atomic E-state index is 0. The normalized spacial score (nSPS) is 0. The predicted octanol–water partition coefficient (Wildman–Crippen LogP) is -0.784. The molecule has 0 saturated carbocycles. The molecule has 0 amide bonds. The van der Waals surface area contributed by atoms with Crippen molar-refractivity contribution in [3.63, 3.8) is 0 Å². The number of rotatable bonds is 0. The third-order valence-electron chi connectivity index (χ3n) is 0. The van der Waals surface area contributed by atoms with Gasteiger partial charge in [-0.15, -0.1) is 0 Å². The molecule has 0 heterocycles. The van der Waals surface area contributed by atoms with E-state index in [-0.39, 0.29) is 246 Å². The SMILES string of the molecule is [Al-3].[Al-3].[Ni+2].[Ni+2].[Ni+2].[Pt].[Pt].[Pt].[Y].[Y].[Y]. The van der Waals surface area contributed by atoms with Crippen molar-refractivity contribution in [2.24, 2.45) is 0 Å². The summed E-state index contributed by atoms with van der Waals surface area (Å²) in [7, 11) is 0. The van der Waals surface area contributed by atoms with E-state index in [1.165, 1.54) is 0 Å². The molecule has 7 radical (unpaired) electrons. The summed E-state index contributed by atoms with van der Waals surface area (Å²) in [5.74, 6) is 0. The molecule has 0 unspecified atom stereocenters. The van der Waals surface area contributed by atoms with Crippen molar-refractivity contribution >= 4 is 34.7 Å². The molecule has 11 heavy (non-hydrogen) atoms. The Balaban J connectivity index is 0. The molecule has 11 heteroatoms. The molecule has 0 aliphatic rings. The van der Waals surface area contributed by atoms with Gasteiger partial charge in [0.15, 0.2) is 0 Å². The summed E-state index contributed by atoms with van der Waals surface area (Å²) in [6.07, 6.45) is 0. The van der Waals surface area contributed by atoms with Crippen LogP contribution in [0.15, 0.2) is 0 Å². The van der Waals surface area contributed by atoms with Gasteiger partial charge in [0.25, 0.3) is 0 Å². The Morgan fingerprint density at radius 3 is 0.364 bits per heavy atom. The van der Waals surface area contributed by atoms with Gasteiger partial charge in [-0.1, -0.05) is 0 Å². The molecular weight excluding hydrogens is 1080 g/mol. The second-order valence-electron chi connectivity index (χ2n) is 0. The van der Waals surface area contributed by atoms with Crippen LogP contribution in [0.5, 0.6) is 0 Å². The van der Waals surface area contributed by atoms with Gasteiger partial charge in [0, 0.05) is 161 Å². The van der Waals surface area contributed by atoms with Gasteiger partial charge < -0.3 is 34.7 Å². The zero-order valence-electron chi connectivity index (χ0n) is 4.78. The third-order valence-corrected chi connectivity index (χ3v) is 0. The molecule has 0 aliphatic carbocycles. The molecule has 0 aromatic carbocycles. The van der Waals surface area contributed by atoms with Crippen LogP contribution in [0.1, 0.15) is 0 Å². The Morgan fingerprint density at radius 2 is 0.364 bits per heavy atom. The molecule has 0 aromatic rings. The number of hydrogen-bond donors (Lipinski definition) is 0. The molecule has 0 saturated heterocycles. The topological polar surface area (TPSA) is 0 Å². The van der Waals surface area contributed by atoms with E-state index in [0.29, 0.717) is 0 Å². The van der Waals surface area contributed by atoms with Crippen molar-refractivity contribution in [3.8, 4) is 0 Å². The third kappa shape index (κ3) is 72.4. The zero-order valence-corrected chi connectivity index (χ0v) is 25.4. The maximum Gasteiger partial charge on any atom is 2.00 e. The van der Waals surface area contributed by atoms with Crippen LogP contribution in [0.2, 0.25) is 0 Å². The second kappa shape index (κ2) is 81.8. The molecule has 0 spiro atoms. The average Bonchev–Trinajstić information content (AvgIpc) is 0. The van der Waals surface area contributed by atoms with E-state index >= 15 is 0 Å². The van der Waals surface area contributed by atoms with Crippen LogP contribution in [0.4, 0.5) is 0 Å². The average molecular weight is 1080 g/mol. The van der Waals surface area contributed by atoms with Gasteiger partial charge in [0.05, 0.1) is 0 Å². The van der Waals surface area contributed by atoms with Crippen molar-refractivity contribution in [1.82, 2.24) is 0 Å². The molecule has 0 bridgehead atoms. The van der Waals surface area contributed by atoms with Crippen LogP contribution in [0.3, 0.4) is 0 Å². The molecular formula is Al2Ni3Pt3Y3. The fourth-order valence-electron chi connectivity index (χ4n) is 0. The maximum absolute atomic E-state index is 0. The monoisotopic (exact) mass is 1080 g/mol. The molecule has 0 rings (SSSR count).